The first kappa shape index (κ1) is 24.4. The van der Waals surface area contributed by atoms with E-state index in [1.807, 2.05) is 0 Å². The summed E-state index contributed by atoms with van der Waals surface area (Å²) in [7, 11) is -3.40. The van der Waals surface area contributed by atoms with Crippen LogP contribution in [0.3, 0.4) is 0 Å². The van der Waals surface area contributed by atoms with Crippen LogP contribution in [0.5, 0.6) is 0 Å². The van der Waals surface area contributed by atoms with Crippen LogP contribution in [0.1, 0.15) is 19.5 Å². The SMILES string of the molecule is CC(C)(O)c1cn(-c2ccc(-c3cccc(S(C)(=O)=O)c3)cc2F)c(-c2cccc(Cl)c2Cl)n1. The molecule has 0 unspecified atom stereocenters. The highest BCUT2D eigenvalue weighted by Gasteiger charge is 2.25. The summed E-state index contributed by atoms with van der Waals surface area (Å²) < 4.78 is 40.8. The molecule has 0 amide bonds. The Hall–Kier alpha value is -2.71. The van der Waals surface area contributed by atoms with E-state index in [1.165, 1.54) is 22.8 Å². The molecular weight excluding hydrogens is 498 g/mol. The minimum atomic E-state index is -3.40. The third kappa shape index (κ3) is 4.74. The number of hydrogen-bond donors (Lipinski definition) is 1. The van der Waals surface area contributed by atoms with Crippen molar-refractivity contribution in [2.24, 2.45) is 0 Å². The largest absolute Gasteiger partial charge is 0.384 e. The minimum absolute atomic E-state index is 0.150. The molecule has 1 N–H and O–H groups in total. The van der Waals surface area contributed by atoms with Crippen molar-refractivity contribution in [2.75, 3.05) is 6.26 Å². The Morgan fingerprint density at radius 3 is 2.32 bits per heavy atom. The van der Waals surface area contributed by atoms with Crippen molar-refractivity contribution in [3.8, 4) is 28.2 Å². The number of aromatic nitrogens is 2. The molecule has 0 aliphatic heterocycles. The Bertz CT molecular complexity index is 1510. The summed E-state index contributed by atoms with van der Waals surface area (Å²) in [6.07, 6.45) is 2.67. The standard InChI is InChI=1S/C25H21Cl2FN2O3S/c1-25(2,31)22-14-30(24(29-22)18-8-5-9-19(26)23(18)27)21-11-10-16(13-20(21)28)15-6-4-7-17(12-15)34(3,32)33/h4-14,31H,1-3H3. The Balaban J connectivity index is 1.87. The van der Waals surface area contributed by atoms with Crippen LogP contribution in [-0.2, 0) is 15.4 Å². The summed E-state index contributed by atoms with van der Waals surface area (Å²) in [5.74, 6) is -0.253. The van der Waals surface area contributed by atoms with Crippen LogP contribution in [0.25, 0.3) is 28.2 Å². The molecule has 4 aromatic rings. The molecule has 0 saturated heterocycles. The third-order valence-electron chi connectivity index (χ3n) is 5.33. The fourth-order valence-corrected chi connectivity index (χ4v) is 4.57. The Labute approximate surface area is 207 Å². The zero-order chi connectivity index (χ0) is 24.8. The molecule has 0 aliphatic carbocycles. The highest BCUT2D eigenvalue weighted by atomic mass is 35.5. The third-order valence-corrected chi connectivity index (χ3v) is 7.26. The van der Waals surface area contributed by atoms with E-state index in [-0.39, 0.29) is 15.6 Å². The zero-order valence-electron chi connectivity index (χ0n) is 18.6. The average molecular weight is 519 g/mol. The van der Waals surface area contributed by atoms with E-state index in [9.17, 15) is 13.5 Å². The summed E-state index contributed by atoms with van der Waals surface area (Å²) in [5.41, 5.74) is 0.772. The monoisotopic (exact) mass is 518 g/mol. The zero-order valence-corrected chi connectivity index (χ0v) is 20.9. The van der Waals surface area contributed by atoms with Gasteiger partial charge in [0.1, 0.15) is 17.2 Å². The molecule has 0 aliphatic rings. The fourth-order valence-electron chi connectivity index (χ4n) is 3.51. The lowest BCUT2D eigenvalue weighted by Crippen LogP contribution is -2.15. The van der Waals surface area contributed by atoms with E-state index in [1.54, 1.807) is 62.5 Å². The highest BCUT2D eigenvalue weighted by Crippen LogP contribution is 2.36. The molecule has 1 heterocycles. The number of benzene rings is 3. The van der Waals surface area contributed by atoms with Gasteiger partial charge in [0.05, 0.1) is 26.3 Å². The summed E-state index contributed by atoms with van der Waals surface area (Å²) in [6.45, 7) is 3.16. The van der Waals surface area contributed by atoms with Crippen LogP contribution in [-0.4, -0.2) is 29.3 Å². The first-order chi connectivity index (χ1) is 15.9. The van der Waals surface area contributed by atoms with Gasteiger partial charge in [-0.3, -0.25) is 4.57 Å². The number of imidazole rings is 1. The van der Waals surface area contributed by atoms with Crippen molar-refractivity contribution in [1.82, 2.24) is 9.55 Å². The Morgan fingerprint density at radius 1 is 1.00 bits per heavy atom. The molecule has 0 spiro atoms. The molecule has 0 saturated carbocycles. The maximum absolute atomic E-state index is 15.4. The molecule has 5 nitrogen and oxygen atoms in total. The van der Waals surface area contributed by atoms with Crippen LogP contribution in [0, 0.1) is 5.82 Å². The van der Waals surface area contributed by atoms with Crippen molar-refractivity contribution in [2.45, 2.75) is 24.3 Å². The molecule has 0 atom stereocenters. The van der Waals surface area contributed by atoms with Crippen LogP contribution in [0.15, 0.2) is 71.8 Å². The van der Waals surface area contributed by atoms with E-state index in [4.69, 9.17) is 23.2 Å². The number of halogens is 3. The second-order valence-electron chi connectivity index (χ2n) is 8.45. The van der Waals surface area contributed by atoms with E-state index in [0.717, 1.165) is 6.26 Å². The molecule has 34 heavy (non-hydrogen) atoms. The average Bonchev–Trinajstić information content (AvgIpc) is 3.20. The van der Waals surface area contributed by atoms with Crippen molar-refractivity contribution in [1.29, 1.82) is 0 Å². The van der Waals surface area contributed by atoms with Gasteiger partial charge < -0.3 is 5.11 Å². The molecule has 0 fully saturated rings. The molecule has 9 heteroatoms. The number of rotatable bonds is 5. The van der Waals surface area contributed by atoms with E-state index in [0.29, 0.717) is 33.2 Å². The first-order valence-corrected chi connectivity index (χ1v) is 12.9. The van der Waals surface area contributed by atoms with Gasteiger partial charge in [-0.25, -0.2) is 17.8 Å². The van der Waals surface area contributed by atoms with Crippen LogP contribution >= 0.6 is 23.2 Å². The lowest BCUT2D eigenvalue weighted by molar-refractivity contribution is 0.0743. The van der Waals surface area contributed by atoms with Crippen LogP contribution < -0.4 is 0 Å². The maximum atomic E-state index is 15.4. The predicted molar refractivity (Wildman–Crippen MR) is 133 cm³/mol. The van der Waals surface area contributed by atoms with E-state index < -0.39 is 21.3 Å². The molecular formula is C25H21Cl2FN2O3S. The Kier molecular flexibility index (Phi) is 6.33. The molecule has 3 aromatic carbocycles. The fraction of sp³-hybridized carbons (Fsp3) is 0.160. The van der Waals surface area contributed by atoms with Gasteiger partial charge in [0.15, 0.2) is 9.84 Å². The van der Waals surface area contributed by atoms with Crippen molar-refractivity contribution >= 4 is 33.0 Å². The quantitative estimate of drug-likeness (QED) is 0.337. The summed E-state index contributed by atoms with van der Waals surface area (Å²) in [4.78, 5) is 4.68. The van der Waals surface area contributed by atoms with Gasteiger partial charge >= 0.3 is 0 Å². The summed E-state index contributed by atoms with van der Waals surface area (Å²) >= 11 is 12.6. The maximum Gasteiger partial charge on any atom is 0.175 e. The highest BCUT2D eigenvalue weighted by molar-refractivity contribution is 7.90. The van der Waals surface area contributed by atoms with Gasteiger partial charge in [-0.1, -0.05) is 47.5 Å². The molecule has 0 radical (unpaired) electrons. The molecule has 0 bridgehead atoms. The number of hydrogen-bond acceptors (Lipinski definition) is 4. The van der Waals surface area contributed by atoms with Gasteiger partial charge in [0, 0.05) is 18.0 Å². The minimum Gasteiger partial charge on any atom is -0.384 e. The number of nitrogens with zero attached hydrogens (tertiary/aromatic N) is 2. The summed E-state index contributed by atoms with van der Waals surface area (Å²) in [5, 5.41) is 11.1. The van der Waals surface area contributed by atoms with Crippen LogP contribution in [0.2, 0.25) is 10.0 Å². The van der Waals surface area contributed by atoms with Gasteiger partial charge in [0.25, 0.3) is 0 Å². The summed E-state index contributed by atoms with van der Waals surface area (Å²) in [6, 6.07) is 16.0. The first-order valence-electron chi connectivity index (χ1n) is 10.2. The van der Waals surface area contributed by atoms with E-state index >= 15 is 4.39 Å². The van der Waals surface area contributed by atoms with Gasteiger partial charge in [-0.2, -0.15) is 0 Å². The van der Waals surface area contributed by atoms with Crippen molar-refractivity contribution in [3.05, 3.63) is 88.4 Å². The van der Waals surface area contributed by atoms with Gasteiger partial charge in [0.2, 0.25) is 0 Å². The van der Waals surface area contributed by atoms with Crippen molar-refractivity contribution in [3.63, 3.8) is 0 Å². The van der Waals surface area contributed by atoms with E-state index in [2.05, 4.69) is 4.98 Å². The lowest BCUT2D eigenvalue weighted by atomic mass is 10.0. The topological polar surface area (TPSA) is 72.2 Å². The molecule has 1 aromatic heterocycles. The second kappa shape index (κ2) is 8.82. The van der Waals surface area contributed by atoms with Gasteiger partial charge in [-0.05, 0) is 61.4 Å². The smallest absolute Gasteiger partial charge is 0.175 e. The van der Waals surface area contributed by atoms with Crippen LogP contribution in [0.4, 0.5) is 4.39 Å². The number of sulfone groups is 1. The predicted octanol–water partition coefficient (Wildman–Crippen LogP) is 6.28. The van der Waals surface area contributed by atoms with Gasteiger partial charge in [-0.15, -0.1) is 0 Å². The second-order valence-corrected chi connectivity index (χ2v) is 11.2. The normalized spacial score (nSPS) is 12.2. The van der Waals surface area contributed by atoms with Crippen molar-refractivity contribution < 1.29 is 17.9 Å². The Morgan fingerprint density at radius 2 is 1.68 bits per heavy atom. The lowest BCUT2D eigenvalue weighted by Gasteiger charge is -2.13. The molecule has 176 valence electrons. The molecule has 4 rings (SSSR count). The number of aliphatic hydroxyl groups is 1.